The van der Waals surface area contributed by atoms with E-state index in [0.29, 0.717) is 11.6 Å². The molecule has 2 heterocycles. The van der Waals surface area contributed by atoms with Crippen LogP contribution in [0.5, 0.6) is 0 Å². The van der Waals surface area contributed by atoms with E-state index in [1.165, 1.54) is 44.2 Å². The molecule has 1 atom stereocenters. The summed E-state index contributed by atoms with van der Waals surface area (Å²) in [4.78, 5) is 8.89. The molecule has 0 fully saturated rings. The Morgan fingerprint density at radius 2 is 1.53 bits per heavy atom. The molecule has 0 radical (unpaired) electrons. The van der Waals surface area contributed by atoms with Gasteiger partial charge >= 0.3 is 0 Å². The summed E-state index contributed by atoms with van der Waals surface area (Å²) in [6.07, 6.45) is 7.80. The first kappa shape index (κ1) is 25.9. The lowest BCUT2D eigenvalue weighted by atomic mass is 9.62. The van der Waals surface area contributed by atoms with Gasteiger partial charge in [-0.15, -0.1) is 11.3 Å². The van der Waals surface area contributed by atoms with Crippen molar-refractivity contribution in [3.8, 4) is 5.69 Å². The number of fused-ring (bicyclic) bond motifs is 5. The average molecular weight is 574 g/mol. The van der Waals surface area contributed by atoms with E-state index < -0.39 is 0 Å². The molecule has 3 nitrogen and oxygen atoms in total. The van der Waals surface area contributed by atoms with E-state index in [0.717, 1.165) is 40.1 Å². The lowest BCUT2D eigenvalue weighted by Crippen LogP contribution is -2.31. The summed E-state index contributed by atoms with van der Waals surface area (Å²) in [5.41, 5.74) is 10.5. The quantitative estimate of drug-likeness (QED) is 0.193. The highest BCUT2D eigenvalue weighted by molar-refractivity contribution is 7.19. The first-order chi connectivity index (χ1) is 21.0. The predicted octanol–water partition coefficient (Wildman–Crippen LogP) is 10.9. The molecule has 0 saturated carbocycles. The molecule has 6 aromatic rings. The summed E-state index contributed by atoms with van der Waals surface area (Å²) >= 11 is 1.62. The monoisotopic (exact) mass is 573 g/mol. The SMILES string of the molecule is [C-]#[N+]/C(=C1\C=C2C=C(c3ccc(-n4c5ccccc5c5ccccc54)cc3)CCC2C(C)(C)C1)c1nc2ccccc2s1. The van der Waals surface area contributed by atoms with Gasteiger partial charge in [-0.1, -0.05) is 86.7 Å². The summed E-state index contributed by atoms with van der Waals surface area (Å²) in [5.74, 6) is 0.485. The van der Waals surface area contributed by atoms with Crippen molar-refractivity contribution in [1.29, 1.82) is 0 Å². The van der Waals surface area contributed by atoms with Gasteiger partial charge in [-0.3, -0.25) is 0 Å². The molecule has 0 N–H and O–H groups in total. The molecule has 2 aromatic heterocycles. The lowest BCUT2D eigenvalue weighted by molar-refractivity contribution is 0.228. The zero-order valence-corrected chi connectivity index (χ0v) is 25.2. The van der Waals surface area contributed by atoms with Crippen LogP contribution in [0.1, 0.15) is 43.7 Å². The van der Waals surface area contributed by atoms with Gasteiger partial charge in [0.15, 0.2) is 0 Å². The molecule has 2 aliphatic rings. The van der Waals surface area contributed by atoms with E-state index in [4.69, 9.17) is 11.6 Å². The number of aromatic nitrogens is 2. The highest BCUT2D eigenvalue weighted by Crippen LogP contribution is 2.51. The van der Waals surface area contributed by atoms with Crippen LogP contribution in [0.2, 0.25) is 0 Å². The van der Waals surface area contributed by atoms with E-state index in [1.54, 1.807) is 11.3 Å². The van der Waals surface area contributed by atoms with Crippen LogP contribution >= 0.6 is 11.3 Å². The number of hydrogen-bond acceptors (Lipinski definition) is 2. The Labute approximate surface area is 256 Å². The van der Waals surface area contributed by atoms with Crippen molar-refractivity contribution in [2.24, 2.45) is 11.3 Å². The van der Waals surface area contributed by atoms with Crippen LogP contribution in [0.15, 0.2) is 120 Å². The molecule has 0 aliphatic heterocycles. The summed E-state index contributed by atoms with van der Waals surface area (Å²) in [6.45, 7) is 12.8. The van der Waals surface area contributed by atoms with Gasteiger partial charge in [0.1, 0.15) is 5.01 Å². The largest absolute Gasteiger partial charge is 0.309 e. The van der Waals surface area contributed by atoms with E-state index >= 15 is 0 Å². The van der Waals surface area contributed by atoms with Gasteiger partial charge in [-0.05, 0) is 89.3 Å². The van der Waals surface area contributed by atoms with Gasteiger partial charge < -0.3 is 4.57 Å². The van der Waals surface area contributed by atoms with Gasteiger partial charge in [0.25, 0.3) is 0 Å². The van der Waals surface area contributed by atoms with E-state index in [9.17, 15) is 0 Å². The second kappa shape index (κ2) is 9.93. The minimum atomic E-state index is 0.0778. The molecular formula is C39H31N3S. The van der Waals surface area contributed by atoms with E-state index in [1.807, 2.05) is 18.2 Å². The van der Waals surface area contributed by atoms with Gasteiger partial charge in [0.2, 0.25) is 5.70 Å². The minimum Gasteiger partial charge on any atom is -0.309 e. The molecule has 1 unspecified atom stereocenters. The second-order valence-corrected chi connectivity index (χ2v) is 13.5. The average Bonchev–Trinajstić information content (AvgIpc) is 3.60. The van der Waals surface area contributed by atoms with Gasteiger partial charge in [-0.25, -0.2) is 9.83 Å². The minimum absolute atomic E-state index is 0.0778. The van der Waals surface area contributed by atoms with Crippen LogP contribution in [-0.4, -0.2) is 9.55 Å². The topological polar surface area (TPSA) is 22.2 Å². The van der Waals surface area contributed by atoms with Crippen molar-refractivity contribution >= 4 is 54.6 Å². The molecule has 43 heavy (non-hydrogen) atoms. The number of nitrogens with zero attached hydrogens (tertiary/aromatic N) is 3. The molecule has 0 saturated heterocycles. The fraction of sp³-hybridized carbons (Fsp3) is 0.179. The Bertz CT molecular complexity index is 2110. The smallest absolute Gasteiger partial charge is 0.225 e. The van der Waals surface area contributed by atoms with Crippen LogP contribution in [-0.2, 0) is 0 Å². The number of allylic oxidation sites excluding steroid dienone is 5. The normalized spacial score (nSPS) is 19.1. The molecular weight excluding hydrogens is 543 g/mol. The Morgan fingerprint density at radius 1 is 0.860 bits per heavy atom. The summed E-state index contributed by atoms with van der Waals surface area (Å²) < 4.78 is 3.50. The van der Waals surface area contributed by atoms with Crippen LogP contribution < -0.4 is 0 Å². The van der Waals surface area contributed by atoms with E-state index in [-0.39, 0.29) is 5.41 Å². The number of thiazole rings is 1. The third-order valence-corrected chi connectivity index (χ3v) is 10.4. The molecule has 0 spiro atoms. The lowest BCUT2D eigenvalue weighted by Gasteiger charge is -2.42. The highest BCUT2D eigenvalue weighted by Gasteiger charge is 2.38. The molecule has 0 bridgehead atoms. The summed E-state index contributed by atoms with van der Waals surface area (Å²) in [7, 11) is 0. The Morgan fingerprint density at radius 3 is 2.23 bits per heavy atom. The van der Waals surface area contributed by atoms with Crippen molar-refractivity contribution in [3.63, 3.8) is 0 Å². The van der Waals surface area contributed by atoms with Gasteiger partial charge in [-0.2, -0.15) is 0 Å². The zero-order valence-electron chi connectivity index (χ0n) is 24.3. The van der Waals surface area contributed by atoms with Crippen LogP contribution in [0.25, 0.3) is 53.8 Å². The van der Waals surface area contributed by atoms with Crippen molar-refractivity contribution in [2.45, 2.75) is 33.1 Å². The van der Waals surface area contributed by atoms with Crippen molar-refractivity contribution in [3.05, 3.63) is 142 Å². The number of hydrogen-bond donors (Lipinski definition) is 0. The van der Waals surface area contributed by atoms with Gasteiger partial charge in [0.05, 0.1) is 27.8 Å². The molecule has 8 rings (SSSR count). The third-order valence-electron chi connectivity index (χ3n) is 9.36. The maximum atomic E-state index is 8.11. The molecule has 2 aliphatic carbocycles. The van der Waals surface area contributed by atoms with E-state index in [2.05, 4.69) is 114 Å². The molecule has 0 amide bonds. The van der Waals surface area contributed by atoms with Crippen LogP contribution in [0, 0.1) is 17.9 Å². The Hall–Kier alpha value is -4.72. The predicted molar refractivity (Wildman–Crippen MR) is 181 cm³/mol. The van der Waals surface area contributed by atoms with Gasteiger partial charge in [0, 0.05) is 16.5 Å². The van der Waals surface area contributed by atoms with Crippen molar-refractivity contribution < 1.29 is 0 Å². The molecule has 4 aromatic carbocycles. The number of benzene rings is 4. The number of rotatable bonds is 3. The Kier molecular flexibility index (Phi) is 6.00. The maximum Gasteiger partial charge on any atom is 0.225 e. The molecule has 208 valence electrons. The number of para-hydroxylation sites is 3. The standard InChI is InChI=1S/C39H31N3S/c1-39(2)24-28(37(40-3)38-41-33-12-6-9-15-36(33)43-38)23-27-22-26(18-21-32(27)39)25-16-19-29(20-17-25)42-34-13-7-4-10-30(34)31-11-5-8-14-35(31)42/h4-17,19-20,22-23,32H,18,21,24H2,1-2H3/b37-28+. The first-order valence-corrected chi connectivity index (χ1v) is 15.8. The third kappa shape index (κ3) is 4.27. The van der Waals surface area contributed by atoms with Crippen LogP contribution in [0.3, 0.4) is 0 Å². The second-order valence-electron chi connectivity index (χ2n) is 12.5. The Balaban J connectivity index is 1.19. The van der Waals surface area contributed by atoms with Crippen molar-refractivity contribution in [1.82, 2.24) is 9.55 Å². The fourth-order valence-electron chi connectivity index (χ4n) is 7.33. The fourth-order valence-corrected chi connectivity index (χ4v) is 8.32. The van der Waals surface area contributed by atoms with Crippen LogP contribution in [0.4, 0.5) is 0 Å². The highest BCUT2D eigenvalue weighted by atomic mass is 32.1. The maximum absolute atomic E-state index is 8.11. The molecule has 4 heteroatoms. The first-order valence-electron chi connectivity index (χ1n) is 15.0. The summed E-state index contributed by atoms with van der Waals surface area (Å²) in [6, 6.07) is 34.6. The zero-order chi connectivity index (χ0) is 29.1. The summed E-state index contributed by atoms with van der Waals surface area (Å²) in [5, 5.41) is 3.39. The van der Waals surface area contributed by atoms with Crippen molar-refractivity contribution in [2.75, 3.05) is 0 Å².